The van der Waals surface area contributed by atoms with E-state index in [0.717, 1.165) is 6.54 Å². The Morgan fingerprint density at radius 1 is 0.812 bits per heavy atom. The van der Waals surface area contributed by atoms with Gasteiger partial charge >= 0.3 is 0 Å². The number of fused-ring (bicyclic) bond motifs is 3. The molecule has 0 saturated heterocycles. The van der Waals surface area contributed by atoms with Gasteiger partial charge in [0.05, 0.1) is 0 Å². The van der Waals surface area contributed by atoms with E-state index in [1.54, 1.807) is 0 Å². The molecule has 2 aromatic carbocycles. The smallest absolute Gasteiger partial charge is 0.0491 e. The highest BCUT2D eigenvalue weighted by Gasteiger charge is 2.06. The summed E-state index contributed by atoms with van der Waals surface area (Å²) in [6.45, 7) is 3.22. The molecule has 0 unspecified atom stereocenters. The molecular weight excluding hydrogens is 196 g/mol. The van der Waals surface area contributed by atoms with E-state index in [-0.39, 0.29) is 6.15 Å². The molecule has 3 rings (SSSR count). The largest absolute Gasteiger partial charge is 0.341 e. The molecule has 1 aromatic heterocycles. The van der Waals surface area contributed by atoms with Crippen LogP contribution in [-0.2, 0) is 6.54 Å². The quantitative estimate of drug-likeness (QED) is 0.589. The highest BCUT2D eigenvalue weighted by atomic mass is 15.0. The Kier molecular flexibility index (Phi) is 2.67. The van der Waals surface area contributed by atoms with Gasteiger partial charge in [0.2, 0.25) is 0 Å². The zero-order valence-electron chi connectivity index (χ0n) is 9.22. The molecule has 16 heavy (non-hydrogen) atoms. The molecular formula is C14H13N2. The summed E-state index contributed by atoms with van der Waals surface area (Å²) < 4.78 is 2.37. The summed E-state index contributed by atoms with van der Waals surface area (Å²) in [5, 5.41) is 2.71. The summed E-state index contributed by atoms with van der Waals surface area (Å²) in [5.74, 6) is 0. The van der Waals surface area contributed by atoms with Crippen molar-refractivity contribution in [3.05, 3.63) is 48.5 Å². The first kappa shape index (κ1) is 10.7. The summed E-state index contributed by atoms with van der Waals surface area (Å²) in [6, 6.07) is 17.2. The Balaban J connectivity index is 0.000000963. The maximum absolute atomic E-state index is 2.37. The molecule has 1 heterocycles. The van der Waals surface area contributed by atoms with Crippen LogP contribution in [0.1, 0.15) is 6.92 Å². The van der Waals surface area contributed by atoms with Crippen LogP contribution in [0.4, 0.5) is 0 Å². The summed E-state index contributed by atoms with van der Waals surface area (Å²) in [7, 11) is 0. The molecule has 3 aromatic rings. The molecule has 0 atom stereocenters. The van der Waals surface area contributed by atoms with Crippen LogP contribution in [0, 0.1) is 0 Å². The zero-order chi connectivity index (χ0) is 10.3. The van der Waals surface area contributed by atoms with Crippen molar-refractivity contribution in [1.29, 1.82) is 0 Å². The van der Waals surface area contributed by atoms with Gasteiger partial charge in [0, 0.05) is 34.5 Å². The van der Waals surface area contributed by atoms with Crippen LogP contribution in [-0.4, -0.2) is 4.57 Å². The fourth-order valence-electron chi connectivity index (χ4n) is 2.34. The number of rotatable bonds is 1. The van der Waals surface area contributed by atoms with Crippen LogP contribution in [0.25, 0.3) is 21.8 Å². The molecule has 79 valence electrons. The number of aromatic nitrogens is 1. The van der Waals surface area contributed by atoms with E-state index in [4.69, 9.17) is 0 Å². The second kappa shape index (κ2) is 3.99. The average molecular weight is 209 g/mol. The Hall–Kier alpha value is -1.80. The van der Waals surface area contributed by atoms with Crippen LogP contribution in [0.15, 0.2) is 48.5 Å². The van der Waals surface area contributed by atoms with Gasteiger partial charge in [0.25, 0.3) is 0 Å². The van der Waals surface area contributed by atoms with Crippen LogP contribution in [0.2, 0.25) is 0 Å². The monoisotopic (exact) mass is 209 g/mol. The number of benzene rings is 2. The lowest BCUT2D eigenvalue weighted by molar-refractivity contribution is 0.827. The average Bonchev–Trinajstić information content (AvgIpc) is 2.63. The minimum absolute atomic E-state index is 0. The summed E-state index contributed by atoms with van der Waals surface area (Å²) >= 11 is 0. The first-order valence-corrected chi connectivity index (χ1v) is 5.38. The van der Waals surface area contributed by atoms with E-state index in [9.17, 15) is 0 Å². The second-order valence-corrected chi connectivity index (χ2v) is 3.78. The van der Waals surface area contributed by atoms with Gasteiger partial charge in [-0.25, -0.2) is 0 Å². The topological polar surface area (TPSA) is 35.4 Å². The van der Waals surface area contributed by atoms with E-state index in [1.165, 1.54) is 21.8 Å². The predicted octanol–water partition coefficient (Wildman–Crippen LogP) is 3.33. The molecule has 0 amide bonds. The third kappa shape index (κ3) is 1.31. The van der Waals surface area contributed by atoms with Crippen LogP contribution in [0.3, 0.4) is 0 Å². The lowest BCUT2D eigenvalue weighted by Gasteiger charge is -2.01. The SMILES string of the molecule is CCn1c2ccccc2c2ccccc21.[N]. The van der Waals surface area contributed by atoms with Crippen LogP contribution < -0.4 is 6.15 Å². The van der Waals surface area contributed by atoms with Crippen molar-refractivity contribution in [3.8, 4) is 0 Å². The van der Waals surface area contributed by atoms with Gasteiger partial charge in [-0.05, 0) is 19.1 Å². The molecule has 2 heteroatoms. The molecule has 0 aliphatic carbocycles. The van der Waals surface area contributed by atoms with Crippen molar-refractivity contribution in [2.45, 2.75) is 13.5 Å². The second-order valence-electron chi connectivity index (χ2n) is 3.78. The predicted molar refractivity (Wildman–Crippen MR) is 67.3 cm³/mol. The molecule has 3 radical (unpaired) electrons. The van der Waals surface area contributed by atoms with Gasteiger partial charge in [-0.15, -0.1) is 0 Å². The maximum atomic E-state index is 2.37. The highest BCUT2D eigenvalue weighted by Crippen LogP contribution is 2.28. The van der Waals surface area contributed by atoms with E-state index in [0.29, 0.717) is 0 Å². The minimum atomic E-state index is 0. The zero-order valence-corrected chi connectivity index (χ0v) is 9.22. The molecule has 0 aliphatic heterocycles. The minimum Gasteiger partial charge on any atom is -0.341 e. The van der Waals surface area contributed by atoms with Crippen LogP contribution >= 0.6 is 0 Å². The molecule has 0 fully saturated rings. The first-order valence-electron chi connectivity index (χ1n) is 5.38. The van der Waals surface area contributed by atoms with E-state index < -0.39 is 0 Å². The normalized spacial score (nSPS) is 10.6. The van der Waals surface area contributed by atoms with Crippen molar-refractivity contribution < 1.29 is 0 Å². The van der Waals surface area contributed by atoms with Crippen molar-refractivity contribution in [2.75, 3.05) is 0 Å². The van der Waals surface area contributed by atoms with Gasteiger partial charge < -0.3 is 4.57 Å². The number of aryl methyl sites for hydroxylation is 1. The molecule has 0 spiro atoms. The van der Waals surface area contributed by atoms with Crippen molar-refractivity contribution >= 4 is 21.8 Å². The molecule has 0 aliphatic rings. The van der Waals surface area contributed by atoms with Crippen LogP contribution in [0.5, 0.6) is 0 Å². The van der Waals surface area contributed by atoms with Gasteiger partial charge in [0.15, 0.2) is 0 Å². The van der Waals surface area contributed by atoms with E-state index >= 15 is 0 Å². The number of hydrogen-bond donors (Lipinski definition) is 0. The third-order valence-corrected chi connectivity index (χ3v) is 3.00. The highest BCUT2D eigenvalue weighted by molar-refractivity contribution is 6.07. The van der Waals surface area contributed by atoms with Gasteiger partial charge in [-0.1, -0.05) is 36.4 Å². The molecule has 2 nitrogen and oxygen atoms in total. The van der Waals surface area contributed by atoms with Crippen molar-refractivity contribution in [1.82, 2.24) is 10.7 Å². The van der Waals surface area contributed by atoms with Gasteiger partial charge in [-0.2, -0.15) is 0 Å². The lowest BCUT2D eigenvalue weighted by Crippen LogP contribution is -1.91. The fraction of sp³-hybridized carbons (Fsp3) is 0.143. The summed E-state index contributed by atoms with van der Waals surface area (Å²) in [6.07, 6.45) is 0. The Bertz CT molecular complexity index is 570. The lowest BCUT2D eigenvalue weighted by atomic mass is 10.2. The van der Waals surface area contributed by atoms with E-state index in [1.807, 2.05) is 0 Å². The summed E-state index contributed by atoms with van der Waals surface area (Å²) in [4.78, 5) is 0. The third-order valence-electron chi connectivity index (χ3n) is 3.00. The molecule has 0 saturated carbocycles. The standard InChI is InChI=1S/C14H13N.N/c1-2-15-13-9-5-3-7-11(13)12-8-4-6-10-14(12)15;/h3-10H,2H2,1H3;. The number of hydrogen-bond acceptors (Lipinski definition) is 0. The molecule has 0 bridgehead atoms. The van der Waals surface area contributed by atoms with Crippen molar-refractivity contribution in [3.63, 3.8) is 0 Å². The Morgan fingerprint density at radius 3 is 1.69 bits per heavy atom. The summed E-state index contributed by atoms with van der Waals surface area (Å²) in [5.41, 5.74) is 2.67. The van der Waals surface area contributed by atoms with Crippen molar-refractivity contribution in [2.24, 2.45) is 0 Å². The number of para-hydroxylation sites is 2. The molecule has 0 N–H and O–H groups in total. The van der Waals surface area contributed by atoms with Gasteiger partial charge in [0.1, 0.15) is 0 Å². The maximum Gasteiger partial charge on any atom is 0.0491 e. The van der Waals surface area contributed by atoms with Gasteiger partial charge in [-0.3, -0.25) is 0 Å². The fourth-order valence-corrected chi connectivity index (χ4v) is 2.34. The first-order chi connectivity index (χ1) is 7.42. The Morgan fingerprint density at radius 2 is 1.25 bits per heavy atom. The number of nitrogens with zero attached hydrogens (tertiary/aromatic N) is 2. The van der Waals surface area contributed by atoms with E-state index in [2.05, 4.69) is 60.0 Å². The Labute approximate surface area is 95.1 Å².